The molecule has 0 spiro atoms. The molecule has 0 aliphatic carbocycles. The van der Waals surface area contributed by atoms with Crippen LogP contribution in [0.5, 0.6) is 11.6 Å². The molecule has 0 atom stereocenters. The van der Waals surface area contributed by atoms with Gasteiger partial charge in [0.15, 0.2) is 0 Å². The molecule has 2 N–H and O–H groups in total. The number of halogens is 2. The van der Waals surface area contributed by atoms with Gasteiger partial charge in [-0.3, -0.25) is 0 Å². The van der Waals surface area contributed by atoms with Gasteiger partial charge < -0.3 is 10.5 Å². The fourth-order valence-electron chi connectivity index (χ4n) is 1.71. The number of nitrogens with zero attached hydrogens (tertiary/aromatic N) is 2. The van der Waals surface area contributed by atoms with Crippen molar-refractivity contribution in [2.75, 3.05) is 0 Å². The molecule has 0 amide bonds. The Labute approximate surface area is 119 Å². The Hall–Kier alpha value is -1.04. The van der Waals surface area contributed by atoms with Crippen LogP contribution in [-0.2, 0) is 13.6 Å². The lowest BCUT2D eigenvalue weighted by Crippen LogP contribution is -2.01. The summed E-state index contributed by atoms with van der Waals surface area (Å²) in [7, 11) is 1.81. The van der Waals surface area contributed by atoms with Crippen LogP contribution in [0.2, 0.25) is 5.02 Å². The Morgan fingerprint density at radius 3 is 2.83 bits per heavy atom. The van der Waals surface area contributed by atoms with Crippen molar-refractivity contribution >= 4 is 27.5 Å². The van der Waals surface area contributed by atoms with Crippen molar-refractivity contribution in [1.82, 2.24) is 9.78 Å². The molecule has 4 nitrogen and oxygen atoms in total. The number of benzene rings is 1. The molecule has 0 aliphatic heterocycles. The van der Waals surface area contributed by atoms with Crippen molar-refractivity contribution in [2.24, 2.45) is 12.8 Å². The lowest BCUT2D eigenvalue weighted by molar-refractivity contribution is 0.426. The smallest absolute Gasteiger partial charge is 0.222 e. The molecule has 1 aromatic carbocycles. The Morgan fingerprint density at radius 1 is 1.50 bits per heavy atom. The Balaban J connectivity index is 2.39. The largest absolute Gasteiger partial charge is 0.437 e. The number of hydrogen-bond acceptors (Lipinski definition) is 3. The van der Waals surface area contributed by atoms with Gasteiger partial charge in [-0.25, -0.2) is 4.68 Å². The van der Waals surface area contributed by atoms with Gasteiger partial charge in [0.1, 0.15) is 5.75 Å². The van der Waals surface area contributed by atoms with Gasteiger partial charge in [0.25, 0.3) is 0 Å². The molecule has 0 bridgehead atoms. The van der Waals surface area contributed by atoms with Crippen LogP contribution in [-0.4, -0.2) is 9.78 Å². The fraction of sp³-hybridized carbons (Fsp3) is 0.250. The minimum absolute atomic E-state index is 0.378. The van der Waals surface area contributed by atoms with E-state index in [-0.39, 0.29) is 0 Å². The first-order chi connectivity index (χ1) is 8.52. The van der Waals surface area contributed by atoms with Gasteiger partial charge in [0, 0.05) is 18.1 Å². The summed E-state index contributed by atoms with van der Waals surface area (Å²) in [4.78, 5) is 0. The number of rotatable bonds is 3. The van der Waals surface area contributed by atoms with E-state index in [2.05, 4.69) is 21.0 Å². The Kier molecular flexibility index (Phi) is 3.94. The fourth-order valence-corrected chi connectivity index (χ4v) is 2.42. The van der Waals surface area contributed by atoms with Crippen LogP contribution in [0.15, 0.2) is 22.7 Å². The second-order valence-electron chi connectivity index (χ2n) is 3.87. The second-order valence-corrected chi connectivity index (χ2v) is 5.20. The highest BCUT2D eigenvalue weighted by Gasteiger charge is 2.15. The van der Waals surface area contributed by atoms with Crippen LogP contribution in [0, 0.1) is 6.92 Å². The summed E-state index contributed by atoms with van der Waals surface area (Å²) in [5.41, 5.74) is 7.46. The second kappa shape index (κ2) is 5.30. The predicted molar refractivity (Wildman–Crippen MR) is 75.1 cm³/mol. The monoisotopic (exact) mass is 329 g/mol. The molecule has 18 heavy (non-hydrogen) atoms. The number of aromatic nitrogens is 2. The van der Waals surface area contributed by atoms with Crippen molar-refractivity contribution in [3.05, 3.63) is 39.0 Å². The van der Waals surface area contributed by atoms with Gasteiger partial charge in [-0.15, -0.1) is 0 Å². The zero-order valence-corrected chi connectivity index (χ0v) is 12.4. The first-order valence-electron chi connectivity index (χ1n) is 5.38. The van der Waals surface area contributed by atoms with Crippen molar-refractivity contribution < 1.29 is 4.74 Å². The molecule has 1 aromatic heterocycles. The molecule has 0 fully saturated rings. The van der Waals surface area contributed by atoms with Crippen molar-refractivity contribution in [1.29, 1.82) is 0 Å². The highest BCUT2D eigenvalue weighted by molar-refractivity contribution is 9.10. The Morgan fingerprint density at radius 2 is 2.22 bits per heavy atom. The van der Waals surface area contributed by atoms with E-state index in [0.29, 0.717) is 23.2 Å². The van der Waals surface area contributed by atoms with E-state index in [0.717, 1.165) is 15.7 Å². The summed E-state index contributed by atoms with van der Waals surface area (Å²) in [6.45, 7) is 2.28. The van der Waals surface area contributed by atoms with Crippen LogP contribution in [0.4, 0.5) is 0 Å². The van der Waals surface area contributed by atoms with E-state index in [1.54, 1.807) is 16.8 Å². The van der Waals surface area contributed by atoms with Gasteiger partial charge in [-0.2, -0.15) is 5.10 Å². The SMILES string of the molecule is Cc1nn(C)c(Oc2ccc(Br)cc2Cl)c1CN. The molecule has 0 unspecified atom stereocenters. The molecular formula is C12H13BrClN3O. The van der Waals surface area contributed by atoms with Crippen molar-refractivity contribution in [2.45, 2.75) is 13.5 Å². The summed E-state index contributed by atoms with van der Waals surface area (Å²) in [5, 5.41) is 4.82. The maximum Gasteiger partial charge on any atom is 0.222 e. The molecular weight excluding hydrogens is 318 g/mol. The van der Waals surface area contributed by atoms with E-state index >= 15 is 0 Å². The minimum atomic E-state index is 0.378. The van der Waals surface area contributed by atoms with E-state index in [4.69, 9.17) is 22.1 Å². The third-order valence-electron chi connectivity index (χ3n) is 2.59. The highest BCUT2D eigenvalue weighted by Crippen LogP contribution is 2.33. The maximum absolute atomic E-state index is 6.12. The summed E-state index contributed by atoms with van der Waals surface area (Å²) < 4.78 is 8.37. The van der Waals surface area contributed by atoms with Gasteiger partial charge in [-0.05, 0) is 25.1 Å². The van der Waals surface area contributed by atoms with Crippen LogP contribution in [0.3, 0.4) is 0 Å². The average Bonchev–Trinajstić information content (AvgIpc) is 2.57. The third kappa shape index (κ3) is 2.53. The summed E-state index contributed by atoms with van der Waals surface area (Å²) in [5.74, 6) is 1.21. The van der Waals surface area contributed by atoms with E-state index in [1.807, 2.05) is 20.0 Å². The minimum Gasteiger partial charge on any atom is -0.437 e. The standard InChI is InChI=1S/C12H13BrClN3O/c1-7-9(6-15)12(17(2)16-7)18-11-4-3-8(13)5-10(11)14/h3-5H,6,15H2,1-2H3. The molecule has 0 saturated carbocycles. The van der Waals surface area contributed by atoms with Crippen LogP contribution >= 0.6 is 27.5 Å². The molecule has 1 heterocycles. The highest BCUT2D eigenvalue weighted by atomic mass is 79.9. The summed E-state index contributed by atoms with van der Waals surface area (Å²) in [6.07, 6.45) is 0. The number of hydrogen-bond donors (Lipinski definition) is 1. The molecule has 96 valence electrons. The first-order valence-corrected chi connectivity index (χ1v) is 6.55. The number of ether oxygens (including phenoxy) is 1. The number of nitrogens with two attached hydrogens (primary N) is 1. The molecule has 0 saturated heterocycles. The summed E-state index contributed by atoms with van der Waals surface area (Å²) >= 11 is 9.47. The molecule has 2 rings (SSSR count). The average molecular weight is 331 g/mol. The molecule has 2 aromatic rings. The zero-order chi connectivity index (χ0) is 13.3. The van der Waals surface area contributed by atoms with Gasteiger partial charge in [0.05, 0.1) is 16.3 Å². The van der Waals surface area contributed by atoms with Crippen LogP contribution in [0.25, 0.3) is 0 Å². The Bertz CT molecular complexity index is 583. The van der Waals surface area contributed by atoms with Gasteiger partial charge >= 0.3 is 0 Å². The topological polar surface area (TPSA) is 53.1 Å². The lowest BCUT2D eigenvalue weighted by Gasteiger charge is -2.09. The third-order valence-corrected chi connectivity index (χ3v) is 3.38. The zero-order valence-electron chi connectivity index (χ0n) is 10.1. The van der Waals surface area contributed by atoms with Crippen LogP contribution in [0.1, 0.15) is 11.3 Å². The summed E-state index contributed by atoms with van der Waals surface area (Å²) in [6, 6.07) is 5.45. The predicted octanol–water partition coefficient (Wildman–Crippen LogP) is 3.40. The van der Waals surface area contributed by atoms with E-state index in [9.17, 15) is 0 Å². The molecule has 0 aliphatic rings. The van der Waals surface area contributed by atoms with Crippen molar-refractivity contribution in [3.63, 3.8) is 0 Å². The number of aryl methyl sites for hydroxylation is 2. The van der Waals surface area contributed by atoms with Gasteiger partial charge in [-0.1, -0.05) is 27.5 Å². The van der Waals surface area contributed by atoms with Crippen molar-refractivity contribution in [3.8, 4) is 11.6 Å². The molecule has 0 radical (unpaired) electrons. The normalized spacial score (nSPS) is 10.7. The van der Waals surface area contributed by atoms with Crippen LogP contribution < -0.4 is 10.5 Å². The van der Waals surface area contributed by atoms with E-state index < -0.39 is 0 Å². The quantitative estimate of drug-likeness (QED) is 0.938. The lowest BCUT2D eigenvalue weighted by atomic mass is 10.2. The molecule has 6 heteroatoms. The first kappa shape index (κ1) is 13.4. The van der Waals surface area contributed by atoms with E-state index in [1.165, 1.54) is 0 Å². The van der Waals surface area contributed by atoms with Gasteiger partial charge in [0.2, 0.25) is 5.88 Å². The maximum atomic E-state index is 6.12.